The lowest BCUT2D eigenvalue weighted by Crippen LogP contribution is -2.48. The van der Waals surface area contributed by atoms with E-state index in [1.807, 2.05) is 0 Å². The molecule has 2 aliphatic carbocycles. The van der Waals surface area contributed by atoms with Gasteiger partial charge in [-0.05, 0) is 50.4 Å². The Hall–Kier alpha value is -0.120. The first kappa shape index (κ1) is 15.8. The van der Waals surface area contributed by atoms with E-state index in [1.165, 1.54) is 38.5 Å². The number of aliphatic hydroxyl groups is 2. The normalized spacial score (nSPS) is 33.7. The molecular formula is C18H32O3. The van der Waals surface area contributed by atoms with Gasteiger partial charge in [-0.25, -0.2) is 0 Å². The summed E-state index contributed by atoms with van der Waals surface area (Å²) in [5.74, 6) is 0.549. The topological polar surface area (TPSA) is 49.7 Å². The Labute approximate surface area is 129 Å². The van der Waals surface area contributed by atoms with Gasteiger partial charge in [0.1, 0.15) is 0 Å². The number of ether oxygens (including phenoxy) is 1. The molecule has 3 rings (SSSR count). The molecular weight excluding hydrogens is 264 g/mol. The number of hydrogen-bond acceptors (Lipinski definition) is 3. The molecule has 1 aliphatic heterocycles. The molecule has 1 heterocycles. The molecule has 3 atom stereocenters. The molecule has 1 saturated heterocycles. The van der Waals surface area contributed by atoms with Crippen molar-refractivity contribution in [2.24, 2.45) is 11.8 Å². The average Bonchev–Trinajstić information content (AvgIpc) is 2.55. The van der Waals surface area contributed by atoms with Crippen LogP contribution in [0.2, 0.25) is 0 Å². The van der Waals surface area contributed by atoms with E-state index in [9.17, 15) is 10.2 Å². The van der Waals surface area contributed by atoms with Gasteiger partial charge in [0.05, 0.1) is 17.8 Å². The molecule has 3 nitrogen and oxygen atoms in total. The van der Waals surface area contributed by atoms with Crippen molar-refractivity contribution < 1.29 is 14.9 Å². The summed E-state index contributed by atoms with van der Waals surface area (Å²) in [4.78, 5) is 0. The lowest BCUT2D eigenvalue weighted by molar-refractivity contribution is -0.151. The lowest BCUT2D eigenvalue weighted by atomic mass is 9.72. The van der Waals surface area contributed by atoms with Gasteiger partial charge < -0.3 is 14.9 Å². The molecule has 1 spiro atoms. The first-order valence-corrected chi connectivity index (χ1v) is 9.20. The van der Waals surface area contributed by atoms with Crippen molar-refractivity contribution >= 4 is 0 Å². The van der Waals surface area contributed by atoms with E-state index in [4.69, 9.17) is 4.74 Å². The summed E-state index contributed by atoms with van der Waals surface area (Å²) >= 11 is 0. The maximum absolute atomic E-state index is 10.7. The molecule has 0 radical (unpaired) electrons. The van der Waals surface area contributed by atoms with Gasteiger partial charge in [-0.2, -0.15) is 0 Å². The van der Waals surface area contributed by atoms with Crippen LogP contribution in [-0.4, -0.2) is 34.6 Å². The highest BCUT2D eigenvalue weighted by Gasteiger charge is 2.43. The largest absolute Gasteiger partial charge is 0.390 e. The van der Waals surface area contributed by atoms with E-state index in [0.29, 0.717) is 5.92 Å². The van der Waals surface area contributed by atoms with Crippen molar-refractivity contribution in [3.05, 3.63) is 0 Å². The van der Waals surface area contributed by atoms with Crippen molar-refractivity contribution in [3.8, 4) is 0 Å². The molecule has 3 fully saturated rings. The molecule has 0 aromatic heterocycles. The molecule has 3 aliphatic rings. The fourth-order valence-electron chi connectivity index (χ4n) is 4.94. The second-order valence-corrected chi connectivity index (χ2v) is 7.72. The van der Waals surface area contributed by atoms with Crippen LogP contribution in [0.15, 0.2) is 0 Å². The van der Waals surface area contributed by atoms with E-state index in [2.05, 4.69) is 0 Å². The summed E-state index contributed by atoms with van der Waals surface area (Å²) in [5.41, 5.74) is 0.0223. The predicted octanol–water partition coefficient (Wildman–Crippen LogP) is 3.42. The summed E-state index contributed by atoms with van der Waals surface area (Å²) in [5, 5.41) is 21.3. The van der Waals surface area contributed by atoms with Crippen molar-refractivity contribution in [3.63, 3.8) is 0 Å². The minimum atomic E-state index is -0.546. The van der Waals surface area contributed by atoms with Gasteiger partial charge in [-0.1, -0.05) is 38.5 Å². The Morgan fingerprint density at radius 2 is 1.38 bits per heavy atom. The summed E-state index contributed by atoms with van der Waals surface area (Å²) in [7, 11) is 0. The van der Waals surface area contributed by atoms with Crippen LogP contribution in [0.25, 0.3) is 0 Å². The first-order chi connectivity index (χ1) is 10.2. The third kappa shape index (κ3) is 3.62. The summed E-state index contributed by atoms with van der Waals surface area (Å²) < 4.78 is 6.12. The van der Waals surface area contributed by atoms with Crippen LogP contribution >= 0.6 is 0 Å². The van der Waals surface area contributed by atoms with Crippen LogP contribution in [0.5, 0.6) is 0 Å². The van der Waals surface area contributed by atoms with Gasteiger partial charge in [0.2, 0.25) is 0 Å². The first-order valence-electron chi connectivity index (χ1n) is 9.20. The highest BCUT2D eigenvalue weighted by molar-refractivity contribution is 4.93. The average molecular weight is 296 g/mol. The van der Waals surface area contributed by atoms with Crippen LogP contribution in [0.1, 0.15) is 77.0 Å². The molecule has 122 valence electrons. The van der Waals surface area contributed by atoms with Gasteiger partial charge in [-0.15, -0.1) is 0 Å². The predicted molar refractivity (Wildman–Crippen MR) is 83.1 cm³/mol. The molecule has 3 unspecified atom stereocenters. The van der Waals surface area contributed by atoms with Crippen molar-refractivity contribution in [2.75, 3.05) is 6.61 Å². The van der Waals surface area contributed by atoms with E-state index >= 15 is 0 Å². The highest BCUT2D eigenvalue weighted by atomic mass is 16.5. The third-order valence-corrected chi connectivity index (χ3v) is 6.26. The van der Waals surface area contributed by atoms with Gasteiger partial charge in [-0.3, -0.25) is 0 Å². The zero-order chi connectivity index (χ0) is 14.7. The Morgan fingerprint density at radius 3 is 2.10 bits per heavy atom. The van der Waals surface area contributed by atoms with Crippen LogP contribution in [0, 0.1) is 11.8 Å². The molecule has 0 amide bonds. The molecule has 0 aromatic rings. The summed E-state index contributed by atoms with van der Waals surface area (Å²) in [6.45, 7) is 0.763. The maximum Gasteiger partial charge on any atom is 0.0831 e. The molecule has 0 aromatic carbocycles. The van der Waals surface area contributed by atoms with Crippen molar-refractivity contribution in [1.82, 2.24) is 0 Å². The molecule has 3 heteroatoms. The monoisotopic (exact) mass is 296 g/mol. The quantitative estimate of drug-likeness (QED) is 0.839. The Balaban J connectivity index is 1.59. The van der Waals surface area contributed by atoms with Gasteiger partial charge in [0.15, 0.2) is 0 Å². The smallest absolute Gasteiger partial charge is 0.0831 e. The Bertz CT molecular complexity index is 313. The second kappa shape index (κ2) is 6.97. The van der Waals surface area contributed by atoms with E-state index in [0.717, 1.165) is 45.1 Å². The van der Waals surface area contributed by atoms with Crippen molar-refractivity contribution in [2.45, 2.75) is 94.9 Å². The molecule has 21 heavy (non-hydrogen) atoms. The van der Waals surface area contributed by atoms with E-state index in [-0.39, 0.29) is 11.5 Å². The molecule has 2 N–H and O–H groups in total. The fraction of sp³-hybridized carbons (Fsp3) is 1.00. The van der Waals surface area contributed by atoms with Crippen LogP contribution in [0.3, 0.4) is 0 Å². The number of hydrogen-bond donors (Lipinski definition) is 2. The van der Waals surface area contributed by atoms with E-state index in [1.54, 1.807) is 0 Å². The standard InChI is InChI=1S/C18H32O3/c19-16(14-7-3-1-4-8-14)17(20)15-9-12-21-18(13-15)10-5-2-6-11-18/h14-17,19-20H,1-13H2. The highest BCUT2D eigenvalue weighted by Crippen LogP contribution is 2.42. The SMILES string of the molecule is OC(C1CCCCC1)C(O)C1CCOC2(CCCCC2)C1. The molecule has 2 saturated carbocycles. The van der Waals surface area contributed by atoms with Crippen LogP contribution in [-0.2, 0) is 4.74 Å². The van der Waals surface area contributed by atoms with Crippen LogP contribution in [0.4, 0.5) is 0 Å². The minimum absolute atomic E-state index is 0.0223. The van der Waals surface area contributed by atoms with E-state index < -0.39 is 12.2 Å². The van der Waals surface area contributed by atoms with Crippen molar-refractivity contribution in [1.29, 1.82) is 0 Å². The molecule has 0 bridgehead atoms. The Kier molecular flexibility index (Phi) is 5.23. The van der Waals surface area contributed by atoms with Gasteiger partial charge >= 0.3 is 0 Å². The Morgan fingerprint density at radius 1 is 0.762 bits per heavy atom. The summed E-state index contributed by atoms with van der Waals surface area (Å²) in [6, 6.07) is 0. The lowest BCUT2D eigenvalue weighted by Gasteiger charge is -2.46. The zero-order valence-electron chi connectivity index (χ0n) is 13.3. The number of rotatable bonds is 3. The second-order valence-electron chi connectivity index (χ2n) is 7.72. The third-order valence-electron chi connectivity index (χ3n) is 6.26. The maximum atomic E-state index is 10.7. The summed E-state index contributed by atoms with van der Waals surface area (Å²) in [6.07, 6.45) is 12.8. The number of aliphatic hydroxyl groups excluding tert-OH is 2. The van der Waals surface area contributed by atoms with Crippen LogP contribution < -0.4 is 0 Å². The zero-order valence-corrected chi connectivity index (χ0v) is 13.3. The van der Waals surface area contributed by atoms with Gasteiger partial charge in [0.25, 0.3) is 0 Å². The minimum Gasteiger partial charge on any atom is -0.390 e. The fourth-order valence-corrected chi connectivity index (χ4v) is 4.94. The van der Waals surface area contributed by atoms with Gasteiger partial charge in [0, 0.05) is 6.61 Å².